The molecule has 1 N–H and O–H groups in total. The molecule has 0 aromatic heterocycles. The molecule has 2 fully saturated rings. The summed E-state index contributed by atoms with van der Waals surface area (Å²) in [4.78, 5) is 2.83. The van der Waals surface area contributed by atoms with Crippen molar-refractivity contribution in [3.05, 3.63) is 0 Å². The van der Waals surface area contributed by atoms with Crippen LogP contribution in [0.3, 0.4) is 0 Å². The second kappa shape index (κ2) is 6.38. The summed E-state index contributed by atoms with van der Waals surface area (Å²) in [6.07, 6.45) is 6.96. The summed E-state index contributed by atoms with van der Waals surface area (Å²) in [7, 11) is 0. The Morgan fingerprint density at radius 3 is 2.44 bits per heavy atom. The summed E-state index contributed by atoms with van der Waals surface area (Å²) in [6, 6.07) is 2.40. The smallest absolute Gasteiger partial charge is 0.0126 e. The van der Waals surface area contributed by atoms with Crippen LogP contribution in [0.1, 0.15) is 59.8 Å². The monoisotopic (exact) mass is 252 g/mol. The lowest BCUT2D eigenvalue weighted by Crippen LogP contribution is -2.52. The van der Waals surface area contributed by atoms with Gasteiger partial charge >= 0.3 is 0 Å². The van der Waals surface area contributed by atoms with E-state index >= 15 is 0 Å². The lowest BCUT2D eigenvalue weighted by molar-refractivity contribution is 0.0662. The number of hydrogen-bond acceptors (Lipinski definition) is 2. The van der Waals surface area contributed by atoms with E-state index in [2.05, 4.69) is 37.9 Å². The molecule has 1 heterocycles. The molecule has 1 saturated carbocycles. The van der Waals surface area contributed by atoms with E-state index in [1.54, 1.807) is 0 Å². The molecule has 2 nitrogen and oxygen atoms in total. The highest BCUT2D eigenvalue weighted by atomic mass is 15.2. The zero-order chi connectivity index (χ0) is 13.1. The van der Waals surface area contributed by atoms with Gasteiger partial charge in [0.15, 0.2) is 0 Å². The number of likely N-dealkylation sites (tertiary alicyclic amines) is 1. The first-order chi connectivity index (χ1) is 8.67. The molecule has 0 amide bonds. The van der Waals surface area contributed by atoms with Gasteiger partial charge in [0.2, 0.25) is 0 Å². The number of nitrogens with one attached hydrogen (secondary N) is 1. The van der Waals surface area contributed by atoms with Crippen LogP contribution in [0.15, 0.2) is 0 Å². The Bertz CT molecular complexity index is 253. The van der Waals surface area contributed by atoms with Gasteiger partial charge in [0.25, 0.3) is 0 Å². The first-order valence-corrected chi connectivity index (χ1v) is 8.16. The fourth-order valence-electron chi connectivity index (χ4n) is 4.43. The van der Waals surface area contributed by atoms with Crippen LogP contribution in [0, 0.1) is 11.8 Å². The molecule has 0 aromatic carbocycles. The lowest BCUT2D eigenvalue weighted by Gasteiger charge is -2.43. The minimum Gasteiger partial charge on any atom is -0.314 e. The highest BCUT2D eigenvalue weighted by Gasteiger charge is 2.38. The van der Waals surface area contributed by atoms with Gasteiger partial charge in [-0.25, -0.2) is 0 Å². The van der Waals surface area contributed by atoms with Crippen molar-refractivity contribution in [1.82, 2.24) is 10.2 Å². The van der Waals surface area contributed by atoms with Gasteiger partial charge in [-0.05, 0) is 51.0 Å². The van der Waals surface area contributed by atoms with Gasteiger partial charge in [-0.2, -0.15) is 0 Å². The largest absolute Gasteiger partial charge is 0.314 e. The van der Waals surface area contributed by atoms with E-state index in [1.165, 1.54) is 38.6 Å². The molecule has 106 valence electrons. The predicted octanol–water partition coefficient (Wildman–Crippen LogP) is 3.27. The van der Waals surface area contributed by atoms with E-state index in [-0.39, 0.29) is 0 Å². The molecule has 18 heavy (non-hydrogen) atoms. The Hall–Kier alpha value is -0.0800. The maximum Gasteiger partial charge on any atom is 0.0126 e. The molecule has 0 radical (unpaired) electrons. The highest BCUT2D eigenvalue weighted by Crippen LogP contribution is 2.39. The van der Waals surface area contributed by atoms with Crippen LogP contribution in [-0.2, 0) is 0 Å². The number of rotatable bonds is 4. The molecule has 0 aromatic rings. The maximum atomic E-state index is 3.63. The van der Waals surface area contributed by atoms with Crippen molar-refractivity contribution in [2.24, 2.45) is 11.8 Å². The van der Waals surface area contributed by atoms with Gasteiger partial charge in [0.05, 0.1) is 0 Å². The molecule has 2 aliphatic rings. The SMILES string of the molecule is CCNC1CCN(C2CCC(CC)C2C)C(C)C1. The minimum absolute atomic E-state index is 0.764. The topological polar surface area (TPSA) is 15.3 Å². The Balaban J connectivity index is 1.91. The van der Waals surface area contributed by atoms with E-state index in [0.717, 1.165) is 36.5 Å². The van der Waals surface area contributed by atoms with Crippen molar-refractivity contribution in [3.63, 3.8) is 0 Å². The van der Waals surface area contributed by atoms with Crippen molar-refractivity contribution in [2.45, 2.75) is 77.9 Å². The molecular formula is C16H32N2. The molecule has 2 heteroatoms. The van der Waals surface area contributed by atoms with Crippen LogP contribution in [0.25, 0.3) is 0 Å². The van der Waals surface area contributed by atoms with Crippen molar-refractivity contribution in [3.8, 4) is 0 Å². The van der Waals surface area contributed by atoms with E-state index in [0.29, 0.717) is 0 Å². The van der Waals surface area contributed by atoms with Crippen molar-refractivity contribution in [2.75, 3.05) is 13.1 Å². The molecule has 0 bridgehead atoms. The van der Waals surface area contributed by atoms with Crippen LogP contribution in [0.2, 0.25) is 0 Å². The van der Waals surface area contributed by atoms with Gasteiger partial charge in [0, 0.05) is 24.7 Å². The zero-order valence-corrected chi connectivity index (χ0v) is 12.8. The average molecular weight is 252 g/mol. The summed E-state index contributed by atoms with van der Waals surface area (Å²) in [5, 5.41) is 3.63. The van der Waals surface area contributed by atoms with E-state index in [9.17, 15) is 0 Å². The van der Waals surface area contributed by atoms with E-state index in [1.807, 2.05) is 0 Å². The molecular weight excluding hydrogens is 220 g/mol. The van der Waals surface area contributed by atoms with Crippen LogP contribution in [0.5, 0.6) is 0 Å². The molecule has 5 atom stereocenters. The number of nitrogens with zero attached hydrogens (tertiary/aromatic N) is 1. The predicted molar refractivity (Wildman–Crippen MR) is 78.8 cm³/mol. The van der Waals surface area contributed by atoms with Gasteiger partial charge in [-0.1, -0.05) is 27.2 Å². The summed E-state index contributed by atoms with van der Waals surface area (Å²) in [5.74, 6) is 1.89. The molecule has 2 rings (SSSR count). The number of piperidine rings is 1. The second-order valence-corrected chi connectivity index (χ2v) is 6.54. The van der Waals surface area contributed by atoms with Crippen LogP contribution in [0.4, 0.5) is 0 Å². The quantitative estimate of drug-likeness (QED) is 0.826. The number of hydrogen-bond donors (Lipinski definition) is 1. The zero-order valence-electron chi connectivity index (χ0n) is 12.8. The van der Waals surface area contributed by atoms with Gasteiger partial charge in [0.1, 0.15) is 0 Å². The standard InChI is InChI=1S/C16H32N2/c1-5-14-7-8-16(13(14)4)18-10-9-15(17-6-2)11-12(18)3/h12-17H,5-11H2,1-4H3. The van der Waals surface area contributed by atoms with Crippen LogP contribution < -0.4 is 5.32 Å². The maximum absolute atomic E-state index is 3.63. The first kappa shape index (κ1) is 14.3. The van der Waals surface area contributed by atoms with Gasteiger partial charge < -0.3 is 5.32 Å². The first-order valence-electron chi connectivity index (χ1n) is 8.16. The third-order valence-corrected chi connectivity index (χ3v) is 5.55. The van der Waals surface area contributed by atoms with Crippen LogP contribution >= 0.6 is 0 Å². The fraction of sp³-hybridized carbons (Fsp3) is 1.00. The van der Waals surface area contributed by atoms with E-state index < -0.39 is 0 Å². The fourth-order valence-corrected chi connectivity index (χ4v) is 4.43. The summed E-state index contributed by atoms with van der Waals surface area (Å²) >= 11 is 0. The summed E-state index contributed by atoms with van der Waals surface area (Å²) in [6.45, 7) is 12.0. The van der Waals surface area contributed by atoms with Gasteiger partial charge in [-0.15, -0.1) is 0 Å². The molecule has 5 unspecified atom stereocenters. The Kier molecular flexibility index (Phi) is 5.08. The summed E-state index contributed by atoms with van der Waals surface area (Å²) < 4.78 is 0. The van der Waals surface area contributed by atoms with Gasteiger partial charge in [-0.3, -0.25) is 4.90 Å². The third-order valence-electron chi connectivity index (χ3n) is 5.55. The molecule has 0 spiro atoms. The Labute approximate surface area is 114 Å². The molecule has 1 aliphatic heterocycles. The third kappa shape index (κ3) is 2.91. The average Bonchev–Trinajstić information content (AvgIpc) is 2.71. The van der Waals surface area contributed by atoms with Crippen molar-refractivity contribution in [1.29, 1.82) is 0 Å². The Morgan fingerprint density at radius 1 is 1.11 bits per heavy atom. The van der Waals surface area contributed by atoms with Crippen molar-refractivity contribution < 1.29 is 0 Å². The minimum atomic E-state index is 0.764. The summed E-state index contributed by atoms with van der Waals surface area (Å²) in [5.41, 5.74) is 0. The highest BCUT2D eigenvalue weighted by molar-refractivity contribution is 4.93. The lowest BCUT2D eigenvalue weighted by atomic mass is 9.89. The van der Waals surface area contributed by atoms with Crippen LogP contribution in [-0.4, -0.2) is 36.1 Å². The Morgan fingerprint density at radius 2 is 1.89 bits per heavy atom. The van der Waals surface area contributed by atoms with Crippen molar-refractivity contribution >= 4 is 0 Å². The molecule has 1 aliphatic carbocycles. The second-order valence-electron chi connectivity index (χ2n) is 6.54. The molecule has 1 saturated heterocycles. The van der Waals surface area contributed by atoms with E-state index in [4.69, 9.17) is 0 Å². The normalized spacial score (nSPS) is 42.3.